The van der Waals surface area contributed by atoms with Crippen LogP contribution in [0.4, 0.5) is 10.1 Å². The number of nitrogen functional groups attached to an aromatic ring is 1. The Morgan fingerprint density at radius 3 is 2.67 bits per heavy atom. The standard InChI is InChI=1S/C11H9Cl2N3OS/c1-5-9(14)18-11(15-5)16-10(17)6-2-3-7(12)8(13)4-6/h2-4H,14H2,1H3,(H,15,16,17). The Morgan fingerprint density at radius 2 is 2.11 bits per heavy atom. The van der Waals surface area contributed by atoms with Gasteiger partial charge in [0, 0.05) is 5.56 Å². The van der Waals surface area contributed by atoms with Crippen molar-refractivity contribution in [2.45, 2.75) is 6.92 Å². The lowest BCUT2D eigenvalue weighted by Gasteiger charge is -2.02. The molecule has 0 unspecified atom stereocenters. The number of aromatic nitrogens is 1. The summed E-state index contributed by atoms with van der Waals surface area (Å²) >= 11 is 12.8. The molecule has 2 rings (SSSR count). The lowest BCUT2D eigenvalue weighted by Crippen LogP contribution is -2.11. The van der Waals surface area contributed by atoms with Gasteiger partial charge in [0.2, 0.25) is 0 Å². The zero-order valence-corrected chi connectivity index (χ0v) is 11.7. The molecule has 0 bridgehead atoms. The maximum atomic E-state index is 11.9. The van der Waals surface area contributed by atoms with Gasteiger partial charge in [-0.3, -0.25) is 10.1 Å². The van der Waals surface area contributed by atoms with Gasteiger partial charge < -0.3 is 5.73 Å². The molecule has 0 aliphatic heterocycles. The molecule has 4 nitrogen and oxygen atoms in total. The molecule has 18 heavy (non-hydrogen) atoms. The molecule has 2 aromatic rings. The average Bonchev–Trinajstić information content (AvgIpc) is 2.61. The molecule has 0 atom stereocenters. The number of thiazole rings is 1. The van der Waals surface area contributed by atoms with E-state index in [1.165, 1.54) is 17.4 Å². The minimum atomic E-state index is -0.303. The van der Waals surface area contributed by atoms with E-state index in [9.17, 15) is 4.79 Å². The average molecular weight is 302 g/mol. The zero-order chi connectivity index (χ0) is 13.3. The number of nitrogens with zero attached hydrogens (tertiary/aromatic N) is 1. The quantitative estimate of drug-likeness (QED) is 0.890. The fourth-order valence-electron chi connectivity index (χ4n) is 1.27. The van der Waals surface area contributed by atoms with E-state index >= 15 is 0 Å². The number of carbonyl (C=O) groups is 1. The largest absolute Gasteiger partial charge is 0.389 e. The summed E-state index contributed by atoms with van der Waals surface area (Å²) in [6.07, 6.45) is 0. The van der Waals surface area contributed by atoms with E-state index in [0.717, 1.165) is 0 Å². The minimum Gasteiger partial charge on any atom is -0.389 e. The Bertz CT molecular complexity index is 593. The van der Waals surface area contributed by atoms with Crippen molar-refractivity contribution in [3.05, 3.63) is 39.5 Å². The molecule has 1 aromatic carbocycles. The first kappa shape index (κ1) is 13.1. The van der Waals surface area contributed by atoms with Gasteiger partial charge in [0.25, 0.3) is 5.91 Å². The van der Waals surface area contributed by atoms with Gasteiger partial charge >= 0.3 is 0 Å². The van der Waals surface area contributed by atoms with Gasteiger partial charge in [0.15, 0.2) is 5.13 Å². The summed E-state index contributed by atoms with van der Waals surface area (Å²) in [7, 11) is 0. The van der Waals surface area contributed by atoms with Gasteiger partial charge in [0.05, 0.1) is 15.7 Å². The molecule has 0 aliphatic carbocycles. The SMILES string of the molecule is Cc1nc(NC(=O)c2ccc(Cl)c(Cl)c2)sc1N. The van der Waals surface area contributed by atoms with Crippen LogP contribution in [0.3, 0.4) is 0 Å². The highest BCUT2D eigenvalue weighted by molar-refractivity contribution is 7.19. The molecular formula is C11H9Cl2N3OS. The molecule has 1 amide bonds. The van der Waals surface area contributed by atoms with E-state index < -0.39 is 0 Å². The van der Waals surface area contributed by atoms with Crippen LogP contribution in [0.2, 0.25) is 10.0 Å². The third kappa shape index (κ3) is 2.75. The summed E-state index contributed by atoms with van der Waals surface area (Å²) in [5.74, 6) is -0.303. The molecule has 0 saturated carbocycles. The summed E-state index contributed by atoms with van der Waals surface area (Å²) < 4.78 is 0. The van der Waals surface area contributed by atoms with Crippen molar-refractivity contribution >= 4 is 50.6 Å². The summed E-state index contributed by atoms with van der Waals surface area (Å²) in [6.45, 7) is 1.78. The van der Waals surface area contributed by atoms with E-state index in [-0.39, 0.29) is 5.91 Å². The molecule has 3 N–H and O–H groups in total. The van der Waals surface area contributed by atoms with Gasteiger partial charge in [-0.1, -0.05) is 34.5 Å². The Morgan fingerprint density at radius 1 is 1.39 bits per heavy atom. The van der Waals surface area contributed by atoms with E-state index in [2.05, 4.69) is 10.3 Å². The second kappa shape index (κ2) is 5.14. The fourth-order valence-corrected chi connectivity index (χ4v) is 2.29. The topological polar surface area (TPSA) is 68.0 Å². The van der Waals surface area contributed by atoms with Crippen molar-refractivity contribution in [1.29, 1.82) is 0 Å². The highest BCUT2D eigenvalue weighted by Gasteiger charge is 2.11. The van der Waals surface area contributed by atoms with Crippen LogP contribution in [-0.4, -0.2) is 10.9 Å². The zero-order valence-electron chi connectivity index (χ0n) is 9.33. The van der Waals surface area contributed by atoms with Gasteiger partial charge in [-0.15, -0.1) is 0 Å². The Balaban J connectivity index is 2.19. The smallest absolute Gasteiger partial charge is 0.257 e. The van der Waals surface area contributed by atoms with Crippen LogP contribution in [0, 0.1) is 6.92 Å². The molecule has 1 aromatic heterocycles. The van der Waals surface area contributed by atoms with Crippen molar-refractivity contribution in [3.63, 3.8) is 0 Å². The molecule has 7 heteroatoms. The van der Waals surface area contributed by atoms with Crippen LogP contribution in [0.15, 0.2) is 18.2 Å². The summed E-state index contributed by atoms with van der Waals surface area (Å²) in [4.78, 5) is 16.0. The van der Waals surface area contributed by atoms with Crippen LogP contribution in [0.1, 0.15) is 16.1 Å². The van der Waals surface area contributed by atoms with Gasteiger partial charge in [-0.25, -0.2) is 4.98 Å². The van der Waals surface area contributed by atoms with Crippen LogP contribution in [0.5, 0.6) is 0 Å². The summed E-state index contributed by atoms with van der Waals surface area (Å²) in [6, 6.07) is 4.66. The lowest BCUT2D eigenvalue weighted by atomic mass is 10.2. The number of rotatable bonds is 2. The maximum Gasteiger partial charge on any atom is 0.257 e. The first-order chi connectivity index (χ1) is 8.47. The highest BCUT2D eigenvalue weighted by Crippen LogP contribution is 2.26. The van der Waals surface area contributed by atoms with Crippen LogP contribution < -0.4 is 11.1 Å². The first-order valence-electron chi connectivity index (χ1n) is 4.96. The molecule has 94 valence electrons. The molecule has 0 aliphatic rings. The maximum absolute atomic E-state index is 11.9. The van der Waals surface area contributed by atoms with E-state index in [1.807, 2.05) is 0 Å². The Labute approximate surface area is 118 Å². The van der Waals surface area contributed by atoms with Crippen molar-refractivity contribution in [2.75, 3.05) is 11.1 Å². The van der Waals surface area contributed by atoms with Gasteiger partial charge in [-0.05, 0) is 25.1 Å². The fraction of sp³-hybridized carbons (Fsp3) is 0.0909. The van der Waals surface area contributed by atoms with Crippen molar-refractivity contribution < 1.29 is 4.79 Å². The lowest BCUT2D eigenvalue weighted by molar-refractivity contribution is 0.102. The normalized spacial score (nSPS) is 10.4. The number of anilines is 2. The van der Waals surface area contributed by atoms with E-state index in [1.54, 1.807) is 19.1 Å². The monoisotopic (exact) mass is 301 g/mol. The third-order valence-electron chi connectivity index (χ3n) is 2.23. The van der Waals surface area contributed by atoms with Gasteiger partial charge in [0.1, 0.15) is 5.00 Å². The minimum absolute atomic E-state index is 0.303. The number of amides is 1. The number of carbonyl (C=O) groups excluding carboxylic acids is 1. The second-order valence-electron chi connectivity index (χ2n) is 3.55. The molecular weight excluding hydrogens is 293 g/mol. The van der Waals surface area contributed by atoms with Crippen LogP contribution >= 0.6 is 34.5 Å². The molecule has 0 saturated heterocycles. The number of nitrogens with one attached hydrogen (secondary N) is 1. The molecule has 0 spiro atoms. The molecule has 0 fully saturated rings. The molecule has 0 radical (unpaired) electrons. The molecule has 1 heterocycles. The number of hydrogen-bond acceptors (Lipinski definition) is 4. The Kier molecular flexibility index (Phi) is 3.75. The third-order valence-corrected chi connectivity index (χ3v) is 3.88. The van der Waals surface area contributed by atoms with E-state index in [4.69, 9.17) is 28.9 Å². The van der Waals surface area contributed by atoms with Gasteiger partial charge in [-0.2, -0.15) is 0 Å². The number of halogens is 2. The summed E-state index contributed by atoms with van der Waals surface area (Å²) in [5.41, 5.74) is 6.78. The summed E-state index contributed by atoms with van der Waals surface area (Å²) in [5, 5.41) is 4.43. The number of nitrogens with two attached hydrogens (primary N) is 1. The van der Waals surface area contributed by atoms with Crippen molar-refractivity contribution in [1.82, 2.24) is 4.98 Å². The Hall–Kier alpha value is -1.30. The van der Waals surface area contributed by atoms with Crippen molar-refractivity contribution in [2.24, 2.45) is 0 Å². The number of hydrogen-bond donors (Lipinski definition) is 2. The van der Waals surface area contributed by atoms with Crippen LogP contribution in [-0.2, 0) is 0 Å². The predicted octanol–water partition coefficient (Wildman–Crippen LogP) is 3.59. The van der Waals surface area contributed by atoms with Crippen LogP contribution in [0.25, 0.3) is 0 Å². The highest BCUT2D eigenvalue weighted by atomic mass is 35.5. The number of aryl methyl sites for hydroxylation is 1. The first-order valence-corrected chi connectivity index (χ1v) is 6.54. The van der Waals surface area contributed by atoms with Crippen molar-refractivity contribution in [3.8, 4) is 0 Å². The predicted molar refractivity (Wildman–Crippen MR) is 75.7 cm³/mol. The van der Waals surface area contributed by atoms with E-state index in [0.29, 0.717) is 31.4 Å². The second-order valence-corrected chi connectivity index (χ2v) is 5.40. The number of benzene rings is 1.